The van der Waals surface area contributed by atoms with Gasteiger partial charge in [-0.3, -0.25) is 10.1 Å². The SMILES string of the molecule is CCC1(CC)C=[N+](C/C=C/c2ccccc2[N+](=O)[O-])CCC1. The van der Waals surface area contributed by atoms with Gasteiger partial charge in [-0.25, -0.2) is 4.58 Å². The van der Waals surface area contributed by atoms with E-state index in [0.29, 0.717) is 11.0 Å². The van der Waals surface area contributed by atoms with E-state index in [1.165, 1.54) is 25.7 Å². The lowest BCUT2D eigenvalue weighted by Gasteiger charge is -2.28. The van der Waals surface area contributed by atoms with Gasteiger partial charge in [-0.1, -0.05) is 26.0 Å². The van der Waals surface area contributed by atoms with E-state index in [0.717, 1.165) is 13.1 Å². The average molecular weight is 301 g/mol. The van der Waals surface area contributed by atoms with Crippen molar-refractivity contribution >= 4 is 18.0 Å². The van der Waals surface area contributed by atoms with Gasteiger partial charge in [0.05, 0.1) is 10.5 Å². The van der Waals surface area contributed by atoms with Crippen LogP contribution in [-0.4, -0.2) is 28.8 Å². The normalized spacial score (nSPS) is 17.5. The number of benzene rings is 1. The monoisotopic (exact) mass is 301 g/mol. The Hall–Kier alpha value is -1.97. The van der Waals surface area contributed by atoms with Crippen molar-refractivity contribution in [3.8, 4) is 0 Å². The van der Waals surface area contributed by atoms with Crippen LogP contribution in [0.2, 0.25) is 0 Å². The molecule has 0 saturated heterocycles. The molecule has 4 nitrogen and oxygen atoms in total. The number of rotatable bonds is 6. The summed E-state index contributed by atoms with van der Waals surface area (Å²) in [7, 11) is 0. The summed E-state index contributed by atoms with van der Waals surface area (Å²) in [5.74, 6) is 0. The van der Waals surface area contributed by atoms with E-state index in [-0.39, 0.29) is 10.6 Å². The number of para-hydroxylation sites is 1. The third-order valence-corrected chi connectivity index (χ3v) is 4.76. The van der Waals surface area contributed by atoms with Gasteiger partial charge in [-0.05, 0) is 37.5 Å². The molecular weight excluding hydrogens is 276 g/mol. The van der Waals surface area contributed by atoms with E-state index in [1.807, 2.05) is 18.2 Å². The fourth-order valence-electron chi connectivity index (χ4n) is 3.19. The minimum absolute atomic E-state index is 0.165. The van der Waals surface area contributed by atoms with Crippen LogP contribution in [0.4, 0.5) is 5.69 Å². The molecule has 0 saturated carbocycles. The number of hydrogen-bond donors (Lipinski definition) is 0. The van der Waals surface area contributed by atoms with E-state index >= 15 is 0 Å². The minimum atomic E-state index is -0.327. The molecule has 0 bridgehead atoms. The summed E-state index contributed by atoms with van der Waals surface area (Å²) in [5.41, 5.74) is 1.17. The first-order valence-corrected chi connectivity index (χ1v) is 8.10. The molecule has 1 aliphatic rings. The van der Waals surface area contributed by atoms with Gasteiger partial charge in [0.1, 0.15) is 12.8 Å². The molecule has 4 heteroatoms. The number of nitro benzene ring substituents is 1. The quantitative estimate of drug-likeness (QED) is 0.447. The molecular formula is C18H25N2O2+. The summed E-state index contributed by atoms with van der Waals surface area (Å²) >= 11 is 0. The maximum absolute atomic E-state index is 11.0. The van der Waals surface area contributed by atoms with E-state index in [2.05, 4.69) is 24.6 Å². The first-order chi connectivity index (χ1) is 10.6. The molecule has 0 aliphatic carbocycles. The van der Waals surface area contributed by atoms with Crippen molar-refractivity contribution in [2.75, 3.05) is 13.1 Å². The molecule has 1 heterocycles. The van der Waals surface area contributed by atoms with E-state index in [4.69, 9.17) is 0 Å². The van der Waals surface area contributed by atoms with Crippen molar-refractivity contribution in [3.63, 3.8) is 0 Å². The highest BCUT2D eigenvalue weighted by Crippen LogP contribution is 2.32. The van der Waals surface area contributed by atoms with Crippen LogP contribution in [-0.2, 0) is 0 Å². The third kappa shape index (κ3) is 3.81. The van der Waals surface area contributed by atoms with Crippen molar-refractivity contribution in [1.82, 2.24) is 0 Å². The maximum Gasteiger partial charge on any atom is 0.276 e. The maximum atomic E-state index is 11.0. The molecule has 0 aromatic heterocycles. The zero-order valence-corrected chi connectivity index (χ0v) is 13.5. The summed E-state index contributed by atoms with van der Waals surface area (Å²) in [6, 6.07) is 6.87. The van der Waals surface area contributed by atoms with Crippen molar-refractivity contribution in [2.24, 2.45) is 5.41 Å². The highest BCUT2D eigenvalue weighted by atomic mass is 16.6. The summed E-state index contributed by atoms with van der Waals surface area (Å²) in [4.78, 5) is 10.7. The smallest absolute Gasteiger partial charge is 0.258 e. The number of nitrogens with zero attached hydrogens (tertiary/aromatic N) is 2. The standard InChI is InChI=1S/C18H25N2O2/c1-3-18(4-2)12-8-14-19(15-18)13-7-10-16-9-5-6-11-17(16)20(21)22/h5-7,9-11,15H,3-4,8,12-14H2,1-2H3/q+1/b10-7+. The fraction of sp³-hybridized carbons (Fsp3) is 0.500. The fourth-order valence-corrected chi connectivity index (χ4v) is 3.19. The zero-order chi connectivity index (χ0) is 16.0. The lowest BCUT2D eigenvalue weighted by Crippen LogP contribution is -2.33. The summed E-state index contributed by atoms with van der Waals surface area (Å²) in [6.07, 6.45) is 11.1. The van der Waals surface area contributed by atoms with Crippen LogP contribution in [0.5, 0.6) is 0 Å². The van der Waals surface area contributed by atoms with Crippen LogP contribution in [0.25, 0.3) is 6.08 Å². The first-order valence-electron chi connectivity index (χ1n) is 8.10. The highest BCUT2D eigenvalue weighted by Gasteiger charge is 2.31. The molecule has 1 aromatic rings. The molecule has 0 N–H and O–H groups in total. The Bertz CT molecular complexity index is 587. The van der Waals surface area contributed by atoms with Gasteiger partial charge < -0.3 is 0 Å². The molecule has 0 amide bonds. The Morgan fingerprint density at radius 1 is 1.32 bits per heavy atom. The van der Waals surface area contributed by atoms with Gasteiger partial charge in [0.2, 0.25) is 0 Å². The van der Waals surface area contributed by atoms with Crippen LogP contribution in [0.1, 0.15) is 45.1 Å². The number of nitro groups is 1. The number of hydrogen-bond acceptors (Lipinski definition) is 2. The van der Waals surface area contributed by atoms with Gasteiger partial charge in [-0.2, -0.15) is 0 Å². The zero-order valence-electron chi connectivity index (χ0n) is 13.5. The Labute approximate surface area is 132 Å². The molecule has 22 heavy (non-hydrogen) atoms. The first kappa shape index (κ1) is 16.4. The van der Waals surface area contributed by atoms with Crippen molar-refractivity contribution in [3.05, 3.63) is 46.0 Å². The predicted octanol–water partition coefficient (Wildman–Crippen LogP) is 4.29. The van der Waals surface area contributed by atoms with E-state index in [9.17, 15) is 10.1 Å². The van der Waals surface area contributed by atoms with Crippen molar-refractivity contribution in [1.29, 1.82) is 0 Å². The topological polar surface area (TPSA) is 46.1 Å². The van der Waals surface area contributed by atoms with Crippen LogP contribution in [0.3, 0.4) is 0 Å². The van der Waals surface area contributed by atoms with Gasteiger partial charge in [0.25, 0.3) is 5.69 Å². The lowest BCUT2D eigenvalue weighted by molar-refractivity contribution is -0.522. The molecule has 0 atom stereocenters. The van der Waals surface area contributed by atoms with Crippen LogP contribution in [0, 0.1) is 15.5 Å². The second-order valence-corrected chi connectivity index (χ2v) is 6.02. The van der Waals surface area contributed by atoms with Crippen LogP contribution < -0.4 is 0 Å². The second-order valence-electron chi connectivity index (χ2n) is 6.02. The van der Waals surface area contributed by atoms with Crippen LogP contribution in [0.15, 0.2) is 30.3 Å². The van der Waals surface area contributed by atoms with E-state index in [1.54, 1.807) is 18.2 Å². The van der Waals surface area contributed by atoms with E-state index < -0.39 is 0 Å². The van der Waals surface area contributed by atoms with Crippen molar-refractivity contribution < 1.29 is 9.50 Å². The average Bonchev–Trinajstić information content (AvgIpc) is 2.55. The Morgan fingerprint density at radius 2 is 2.05 bits per heavy atom. The van der Waals surface area contributed by atoms with Crippen molar-refractivity contribution in [2.45, 2.75) is 39.5 Å². The van der Waals surface area contributed by atoms with Gasteiger partial charge in [-0.15, -0.1) is 0 Å². The lowest BCUT2D eigenvalue weighted by atomic mass is 9.78. The summed E-state index contributed by atoms with van der Waals surface area (Å²) in [6.45, 7) is 6.40. The Balaban J connectivity index is 2.10. The Morgan fingerprint density at radius 3 is 2.73 bits per heavy atom. The molecule has 0 unspecified atom stereocenters. The minimum Gasteiger partial charge on any atom is -0.258 e. The molecule has 1 aromatic carbocycles. The molecule has 118 valence electrons. The summed E-state index contributed by atoms with van der Waals surface area (Å²) < 4.78 is 2.35. The molecule has 1 aliphatic heterocycles. The summed E-state index contributed by atoms with van der Waals surface area (Å²) in [5, 5.41) is 11.0. The Kier molecular flexibility index (Phi) is 5.47. The van der Waals surface area contributed by atoms with Gasteiger partial charge in [0, 0.05) is 17.9 Å². The molecule has 0 radical (unpaired) electrons. The van der Waals surface area contributed by atoms with Gasteiger partial charge >= 0.3 is 0 Å². The molecule has 0 spiro atoms. The van der Waals surface area contributed by atoms with Gasteiger partial charge in [0.15, 0.2) is 6.54 Å². The predicted molar refractivity (Wildman–Crippen MR) is 90.4 cm³/mol. The molecule has 0 fully saturated rings. The second kappa shape index (κ2) is 7.34. The molecule has 2 rings (SSSR count). The third-order valence-electron chi connectivity index (χ3n) is 4.76. The highest BCUT2D eigenvalue weighted by molar-refractivity contribution is 5.62. The largest absolute Gasteiger partial charge is 0.276 e. The van der Waals surface area contributed by atoms with Crippen LogP contribution >= 0.6 is 0 Å².